The Labute approximate surface area is 133 Å². The minimum Gasteiger partial charge on any atom is -0.324 e. The van der Waals surface area contributed by atoms with Crippen molar-refractivity contribution < 1.29 is 17.6 Å². The van der Waals surface area contributed by atoms with E-state index < -0.39 is 20.7 Å². The van der Waals surface area contributed by atoms with Crippen molar-refractivity contribution >= 4 is 27.3 Å². The molecule has 0 radical (unpaired) electrons. The molecule has 0 saturated heterocycles. The third-order valence-corrected chi connectivity index (χ3v) is 5.37. The fourth-order valence-corrected chi connectivity index (χ4v) is 4.03. The van der Waals surface area contributed by atoms with Crippen LogP contribution in [0.4, 0.5) is 15.8 Å². The van der Waals surface area contributed by atoms with Crippen LogP contribution in [0.1, 0.15) is 12.0 Å². The number of aryl methyl sites for hydroxylation is 1. The molecule has 2 heterocycles. The number of carbonyl (C=O) groups is 1. The van der Waals surface area contributed by atoms with Crippen LogP contribution in [-0.4, -0.2) is 25.9 Å². The number of amides is 1. The van der Waals surface area contributed by atoms with Crippen molar-refractivity contribution in [2.24, 2.45) is 0 Å². The van der Waals surface area contributed by atoms with E-state index in [1.165, 1.54) is 30.6 Å². The minimum atomic E-state index is -4.15. The first-order chi connectivity index (χ1) is 10.9. The second kappa shape index (κ2) is 5.62. The van der Waals surface area contributed by atoms with E-state index in [2.05, 4.69) is 10.3 Å². The topological polar surface area (TPSA) is 79.4 Å². The zero-order valence-electron chi connectivity index (χ0n) is 12.3. The second-order valence-corrected chi connectivity index (χ2v) is 7.03. The van der Waals surface area contributed by atoms with Gasteiger partial charge in [-0.1, -0.05) is 6.07 Å². The highest BCUT2D eigenvalue weighted by Crippen LogP contribution is 2.33. The first-order valence-electron chi connectivity index (χ1n) is 6.92. The number of carbonyl (C=O) groups excluding carboxylic acids is 1. The highest BCUT2D eigenvalue weighted by Gasteiger charge is 2.32. The molecule has 0 aliphatic carbocycles. The summed E-state index contributed by atoms with van der Waals surface area (Å²) in [5.41, 5.74) is 1.18. The number of rotatable bonds is 2. The van der Waals surface area contributed by atoms with Crippen LogP contribution < -0.4 is 9.62 Å². The number of pyridine rings is 1. The van der Waals surface area contributed by atoms with Crippen LogP contribution in [0.2, 0.25) is 0 Å². The van der Waals surface area contributed by atoms with Crippen molar-refractivity contribution in [1.29, 1.82) is 0 Å². The fraction of sp³-hybridized carbons (Fsp3) is 0.200. The standard InChI is InChI=1S/C15H14FN3O3S/c1-10-2-3-11(16)14(8-10)23(21,22)19-7-5-15(20)18-12-4-6-17-9-13(12)19/h2-4,6,8-9H,5,7H2,1H3,(H,18,20). The van der Waals surface area contributed by atoms with E-state index in [9.17, 15) is 17.6 Å². The van der Waals surface area contributed by atoms with Gasteiger partial charge < -0.3 is 5.32 Å². The molecule has 0 unspecified atom stereocenters. The monoisotopic (exact) mass is 335 g/mol. The summed E-state index contributed by atoms with van der Waals surface area (Å²) in [7, 11) is -4.15. The zero-order chi connectivity index (χ0) is 16.6. The Kier molecular flexibility index (Phi) is 3.77. The average Bonchev–Trinajstić information content (AvgIpc) is 2.68. The number of anilines is 2. The highest BCUT2D eigenvalue weighted by molar-refractivity contribution is 7.92. The smallest absolute Gasteiger partial charge is 0.267 e. The lowest BCUT2D eigenvalue weighted by molar-refractivity contribution is -0.115. The Morgan fingerprint density at radius 1 is 1.30 bits per heavy atom. The number of benzene rings is 1. The molecule has 0 saturated carbocycles. The molecule has 2 aromatic rings. The number of nitrogens with one attached hydrogen (secondary N) is 1. The van der Waals surface area contributed by atoms with Crippen molar-refractivity contribution in [3.05, 3.63) is 48.0 Å². The van der Waals surface area contributed by atoms with Gasteiger partial charge in [0.2, 0.25) is 5.91 Å². The van der Waals surface area contributed by atoms with Gasteiger partial charge in [-0.25, -0.2) is 12.8 Å². The quantitative estimate of drug-likeness (QED) is 0.911. The summed E-state index contributed by atoms with van der Waals surface area (Å²) in [5, 5.41) is 2.62. The van der Waals surface area contributed by atoms with Gasteiger partial charge in [0, 0.05) is 19.2 Å². The number of halogens is 1. The summed E-state index contributed by atoms with van der Waals surface area (Å²) in [4.78, 5) is 15.2. The van der Waals surface area contributed by atoms with Gasteiger partial charge in [-0.15, -0.1) is 0 Å². The second-order valence-electron chi connectivity index (χ2n) is 5.20. The summed E-state index contributed by atoms with van der Waals surface area (Å²) in [5.74, 6) is -1.13. The minimum absolute atomic E-state index is 0.0264. The van der Waals surface area contributed by atoms with E-state index in [0.29, 0.717) is 11.3 Å². The van der Waals surface area contributed by atoms with Crippen molar-refractivity contribution in [3.8, 4) is 0 Å². The molecule has 1 aromatic heterocycles. The number of hydrogen-bond acceptors (Lipinski definition) is 4. The lowest BCUT2D eigenvalue weighted by atomic mass is 10.2. The van der Waals surface area contributed by atoms with E-state index in [1.807, 2.05) is 0 Å². The van der Waals surface area contributed by atoms with Crippen molar-refractivity contribution in [2.75, 3.05) is 16.2 Å². The molecule has 1 aliphatic heterocycles. The molecule has 0 atom stereocenters. The van der Waals surface area contributed by atoms with E-state index in [1.54, 1.807) is 6.92 Å². The van der Waals surface area contributed by atoms with E-state index >= 15 is 0 Å². The molecule has 0 spiro atoms. The van der Waals surface area contributed by atoms with Gasteiger partial charge in [-0.2, -0.15) is 0 Å². The SMILES string of the molecule is Cc1ccc(F)c(S(=O)(=O)N2CCC(=O)Nc3ccncc32)c1. The predicted octanol–water partition coefficient (Wildman–Crippen LogP) is 2.07. The van der Waals surface area contributed by atoms with Gasteiger partial charge in [-0.3, -0.25) is 14.1 Å². The van der Waals surface area contributed by atoms with Crippen LogP contribution in [0, 0.1) is 12.7 Å². The maximum Gasteiger partial charge on any atom is 0.267 e. The average molecular weight is 335 g/mol. The summed E-state index contributed by atoms with van der Waals surface area (Å²) in [6.07, 6.45) is 2.76. The molecule has 23 heavy (non-hydrogen) atoms. The maximum absolute atomic E-state index is 14.1. The van der Waals surface area contributed by atoms with Gasteiger partial charge in [0.15, 0.2) is 0 Å². The molecule has 0 bridgehead atoms. The van der Waals surface area contributed by atoms with Crippen LogP contribution in [0.3, 0.4) is 0 Å². The van der Waals surface area contributed by atoms with E-state index in [-0.39, 0.29) is 24.6 Å². The molecule has 6 nitrogen and oxygen atoms in total. The summed E-state index contributed by atoms with van der Waals surface area (Å²) >= 11 is 0. The van der Waals surface area contributed by atoms with E-state index in [4.69, 9.17) is 0 Å². The Hall–Kier alpha value is -2.48. The normalized spacial score (nSPS) is 14.9. The van der Waals surface area contributed by atoms with Gasteiger partial charge in [0.1, 0.15) is 10.7 Å². The number of fused-ring (bicyclic) bond motifs is 1. The lowest BCUT2D eigenvalue weighted by Crippen LogP contribution is -2.32. The van der Waals surface area contributed by atoms with Gasteiger partial charge in [0.05, 0.1) is 17.6 Å². The molecule has 1 N–H and O–H groups in total. The van der Waals surface area contributed by atoms with Gasteiger partial charge >= 0.3 is 0 Å². The van der Waals surface area contributed by atoms with E-state index in [0.717, 1.165) is 10.4 Å². The van der Waals surface area contributed by atoms with Crippen LogP contribution in [0.15, 0.2) is 41.6 Å². The number of sulfonamides is 1. The Morgan fingerprint density at radius 2 is 2.09 bits per heavy atom. The Morgan fingerprint density at radius 3 is 2.87 bits per heavy atom. The number of nitrogens with zero attached hydrogens (tertiary/aromatic N) is 2. The largest absolute Gasteiger partial charge is 0.324 e. The Bertz CT molecular complexity index is 883. The third kappa shape index (κ3) is 2.77. The number of aromatic nitrogens is 1. The highest BCUT2D eigenvalue weighted by atomic mass is 32.2. The summed E-state index contributed by atoms with van der Waals surface area (Å²) in [6, 6.07) is 5.40. The summed E-state index contributed by atoms with van der Waals surface area (Å²) < 4.78 is 40.9. The van der Waals surface area contributed by atoms with Crippen molar-refractivity contribution in [3.63, 3.8) is 0 Å². The summed E-state index contributed by atoms with van der Waals surface area (Å²) in [6.45, 7) is 1.60. The number of hydrogen-bond donors (Lipinski definition) is 1. The predicted molar refractivity (Wildman–Crippen MR) is 83.2 cm³/mol. The molecule has 1 aliphatic rings. The van der Waals surface area contributed by atoms with Gasteiger partial charge in [-0.05, 0) is 30.7 Å². The molecule has 120 valence electrons. The molecular weight excluding hydrogens is 321 g/mol. The lowest BCUT2D eigenvalue weighted by Gasteiger charge is -2.23. The molecule has 1 aromatic carbocycles. The van der Waals surface area contributed by atoms with Crippen LogP contribution in [-0.2, 0) is 14.8 Å². The van der Waals surface area contributed by atoms with Crippen LogP contribution >= 0.6 is 0 Å². The van der Waals surface area contributed by atoms with Crippen molar-refractivity contribution in [1.82, 2.24) is 4.98 Å². The fourth-order valence-electron chi connectivity index (χ4n) is 2.40. The maximum atomic E-state index is 14.1. The molecule has 0 fully saturated rings. The molecule has 1 amide bonds. The van der Waals surface area contributed by atoms with Crippen LogP contribution in [0.25, 0.3) is 0 Å². The molecule has 3 rings (SSSR count). The molecule has 8 heteroatoms. The zero-order valence-corrected chi connectivity index (χ0v) is 13.1. The third-order valence-electron chi connectivity index (χ3n) is 3.54. The van der Waals surface area contributed by atoms with Crippen LogP contribution in [0.5, 0.6) is 0 Å². The first kappa shape index (κ1) is 15.4. The molecular formula is C15H14FN3O3S. The Balaban J connectivity index is 2.17. The van der Waals surface area contributed by atoms with Crippen molar-refractivity contribution in [2.45, 2.75) is 18.2 Å². The first-order valence-corrected chi connectivity index (χ1v) is 8.36. The van der Waals surface area contributed by atoms with Gasteiger partial charge in [0.25, 0.3) is 10.0 Å².